The van der Waals surface area contributed by atoms with Gasteiger partial charge in [-0.05, 0) is 18.6 Å². The first-order valence-electron chi connectivity index (χ1n) is 4.41. The van der Waals surface area contributed by atoms with Crippen molar-refractivity contribution in [1.82, 2.24) is 9.97 Å². The Hall–Kier alpha value is -1.48. The smallest absolute Gasteiger partial charge is 0.147 e. The molecule has 15 heavy (non-hydrogen) atoms. The van der Waals surface area contributed by atoms with Gasteiger partial charge in [0.25, 0.3) is 0 Å². The largest absolute Gasteiger partial charge is 0.251 e. The number of aryl methyl sites for hydroxylation is 1. The van der Waals surface area contributed by atoms with Gasteiger partial charge in [0.15, 0.2) is 0 Å². The Labute approximate surface area is 91.8 Å². The summed E-state index contributed by atoms with van der Waals surface area (Å²) in [4.78, 5) is 7.95. The van der Waals surface area contributed by atoms with Gasteiger partial charge in [0.1, 0.15) is 11.0 Å². The third-order valence-corrected chi connectivity index (χ3v) is 2.28. The lowest BCUT2D eigenvalue weighted by molar-refractivity contribution is 0.619. The number of hydrogen-bond acceptors (Lipinski definition) is 2. The summed E-state index contributed by atoms with van der Waals surface area (Å²) in [7, 11) is 0. The van der Waals surface area contributed by atoms with Gasteiger partial charge in [0.2, 0.25) is 0 Å². The van der Waals surface area contributed by atoms with Crippen LogP contribution >= 0.6 is 11.6 Å². The van der Waals surface area contributed by atoms with Crippen LogP contribution in [0.15, 0.2) is 30.6 Å². The van der Waals surface area contributed by atoms with E-state index in [4.69, 9.17) is 11.6 Å². The zero-order valence-electron chi connectivity index (χ0n) is 8.04. The Morgan fingerprint density at radius 1 is 1.20 bits per heavy atom. The van der Waals surface area contributed by atoms with Crippen LogP contribution < -0.4 is 0 Å². The molecule has 76 valence electrons. The van der Waals surface area contributed by atoms with Gasteiger partial charge in [0.05, 0.1) is 18.1 Å². The van der Waals surface area contributed by atoms with E-state index in [1.54, 1.807) is 19.1 Å². The zero-order valence-corrected chi connectivity index (χ0v) is 8.79. The van der Waals surface area contributed by atoms with Crippen molar-refractivity contribution in [2.75, 3.05) is 0 Å². The molecule has 0 aliphatic heterocycles. The summed E-state index contributed by atoms with van der Waals surface area (Å²) in [6.45, 7) is 1.71. The van der Waals surface area contributed by atoms with Crippen molar-refractivity contribution >= 4 is 11.6 Å². The molecule has 0 bridgehead atoms. The number of halogens is 2. The van der Waals surface area contributed by atoms with E-state index in [0.717, 1.165) is 0 Å². The normalized spacial score (nSPS) is 10.3. The lowest BCUT2D eigenvalue weighted by Gasteiger charge is -2.02. The highest BCUT2D eigenvalue weighted by Crippen LogP contribution is 2.19. The maximum atomic E-state index is 13.3. The van der Waals surface area contributed by atoms with Gasteiger partial charge in [0, 0.05) is 5.56 Å². The fourth-order valence-electron chi connectivity index (χ4n) is 1.21. The third kappa shape index (κ3) is 2.13. The monoisotopic (exact) mass is 222 g/mol. The molecule has 0 saturated carbocycles. The lowest BCUT2D eigenvalue weighted by Crippen LogP contribution is -1.88. The molecule has 1 aromatic carbocycles. The minimum atomic E-state index is -0.246. The molecule has 2 nitrogen and oxygen atoms in total. The molecule has 0 saturated heterocycles. The molecule has 1 heterocycles. The second-order valence-corrected chi connectivity index (χ2v) is 3.58. The number of aromatic nitrogens is 2. The Morgan fingerprint density at radius 3 is 2.60 bits per heavy atom. The van der Waals surface area contributed by atoms with Crippen molar-refractivity contribution < 1.29 is 4.39 Å². The van der Waals surface area contributed by atoms with Crippen molar-refractivity contribution in [3.8, 4) is 11.3 Å². The van der Waals surface area contributed by atoms with E-state index in [2.05, 4.69) is 9.97 Å². The maximum absolute atomic E-state index is 13.3. The highest BCUT2D eigenvalue weighted by molar-refractivity contribution is 6.29. The number of benzene rings is 1. The highest BCUT2D eigenvalue weighted by atomic mass is 35.5. The Morgan fingerprint density at radius 2 is 2.00 bits per heavy atom. The summed E-state index contributed by atoms with van der Waals surface area (Å²) in [5.74, 6) is -0.246. The van der Waals surface area contributed by atoms with E-state index >= 15 is 0 Å². The first kappa shape index (κ1) is 10.1. The molecule has 0 amide bonds. The third-order valence-electron chi connectivity index (χ3n) is 2.09. The maximum Gasteiger partial charge on any atom is 0.147 e. The van der Waals surface area contributed by atoms with Crippen LogP contribution in [-0.2, 0) is 0 Å². The van der Waals surface area contributed by atoms with Crippen LogP contribution in [0.2, 0.25) is 5.15 Å². The van der Waals surface area contributed by atoms with E-state index in [1.165, 1.54) is 18.5 Å². The first-order valence-corrected chi connectivity index (χ1v) is 4.78. The fourth-order valence-corrected chi connectivity index (χ4v) is 1.31. The highest BCUT2D eigenvalue weighted by Gasteiger charge is 2.03. The predicted octanol–water partition coefficient (Wildman–Crippen LogP) is 3.24. The summed E-state index contributed by atoms with van der Waals surface area (Å²) in [6, 6.07) is 4.95. The summed E-state index contributed by atoms with van der Waals surface area (Å²) in [5, 5.41) is 0.325. The van der Waals surface area contributed by atoms with Crippen LogP contribution in [0.5, 0.6) is 0 Å². The molecule has 0 aliphatic rings. The average molecular weight is 223 g/mol. The lowest BCUT2D eigenvalue weighted by atomic mass is 10.1. The van der Waals surface area contributed by atoms with Gasteiger partial charge in [-0.25, -0.2) is 9.37 Å². The molecule has 0 fully saturated rings. The van der Waals surface area contributed by atoms with Crippen molar-refractivity contribution in [2.24, 2.45) is 0 Å². The molecule has 1 aromatic heterocycles. The van der Waals surface area contributed by atoms with Crippen molar-refractivity contribution in [3.05, 3.63) is 47.1 Å². The van der Waals surface area contributed by atoms with Gasteiger partial charge in [-0.1, -0.05) is 23.7 Å². The van der Waals surface area contributed by atoms with Crippen LogP contribution in [0.1, 0.15) is 5.56 Å². The fraction of sp³-hybridized carbons (Fsp3) is 0.0909. The summed E-state index contributed by atoms with van der Waals surface area (Å²) in [6.07, 6.45) is 2.96. The molecule has 2 rings (SSSR count). The van der Waals surface area contributed by atoms with Gasteiger partial charge < -0.3 is 0 Å². The van der Waals surface area contributed by atoms with Crippen LogP contribution in [0, 0.1) is 12.7 Å². The van der Waals surface area contributed by atoms with Gasteiger partial charge in [-0.2, -0.15) is 0 Å². The summed E-state index contributed by atoms with van der Waals surface area (Å²) in [5.41, 5.74) is 1.92. The molecule has 0 unspecified atom stereocenters. The zero-order chi connectivity index (χ0) is 10.8. The van der Waals surface area contributed by atoms with Gasteiger partial charge in [-0.15, -0.1) is 0 Å². The summed E-state index contributed by atoms with van der Waals surface area (Å²) < 4.78 is 13.3. The Bertz CT molecular complexity index is 482. The number of nitrogens with zero attached hydrogens (tertiary/aromatic N) is 2. The molecule has 0 aliphatic carbocycles. The molecule has 0 N–H and O–H groups in total. The van der Waals surface area contributed by atoms with Crippen LogP contribution in [0.25, 0.3) is 11.3 Å². The van der Waals surface area contributed by atoms with Crippen LogP contribution in [0.3, 0.4) is 0 Å². The first-order chi connectivity index (χ1) is 7.16. The average Bonchev–Trinajstić information content (AvgIpc) is 2.23. The topological polar surface area (TPSA) is 25.8 Å². The second kappa shape index (κ2) is 3.95. The molecular weight excluding hydrogens is 215 g/mol. The molecule has 0 radical (unpaired) electrons. The van der Waals surface area contributed by atoms with Gasteiger partial charge >= 0.3 is 0 Å². The van der Waals surface area contributed by atoms with Crippen LogP contribution in [-0.4, -0.2) is 9.97 Å². The second-order valence-electron chi connectivity index (χ2n) is 3.19. The van der Waals surface area contributed by atoms with E-state index in [1.807, 2.05) is 0 Å². The minimum absolute atomic E-state index is 0.246. The van der Waals surface area contributed by atoms with E-state index in [-0.39, 0.29) is 5.82 Å². The molecule has 0 spiro atoms. The molecule has 0 atom stereocenters. The van der Waals surface area contributed by atoms with Crippen molar-refractivity contribution in [1.29, 1.82) is 0 Å². The Kier molecular flexibility index (Phi) is 2.64. The predicted molar refractivity (Wildman–Crippen MR) is 57.2 cm³/mol. The number of hydrogen-bond donors (Lipinski definition) is 0. The molecular formula is C11H8ClFN2. The Balaban J connectivity index is 2.45. The minimum Gasteiger partial charge on any atom is -0.251 e. The molecule has 4 heteroatoms. The SMILES string of the molecule is Cc1ccc(-c2cnc(Cl)cn2)cc1F. The van der Waals surface area contributed by atoms with Crippen molar-refractivity contribution in [2.45, 2.75) is 6.92 Å². The van der Waals surface area contributed by atoms with Gasteiger partial charge in [-0.3, -0.25) is 4.98 Å². The van der Waals surface area contributed by atoms with Crippen LogP contribution in [0.4, 0.5) is 4.39 Å². The van der Waals surface area contributed by atoms with Crippen molar-refractivity contribution in [3.63, 3.8) is 0 Å². The number of rotatable bonds is 1. The molecule has 2 aromatic rings. The van der Waals surface area contributed by atoms with E-state index in [9.17, 15) is 4.39 Å². The summed E-state index contributed by atoms with van der Waals surface area (Å²) >= 11 is 5.61. The quantitative estimate of drug-likeness (QED) is 0.740. The van der Waals surface area contributed by atoms with E-state index < -0.39 is 0 Å². The standard InChI is InChI=1S/C11H8ClFN2/c1-7-2-3-8(4-9(7)13)10-5-15-11(12)6-14-10/h2-6H,1H3. The van der Waals surface area contributed by atoms with E-state index in [0.29, 0.717) is 22.0 Å².